The second-order valence-corrected chi connectivity index (χ2v) is 4.52. The van der Waals surface area contributed by atoms with Crippen molar-refractivity contribution in [2.24, 2.45) is 7.05 Å². The third-order valence-electron chi connectivity index (χ3n) is 3.29. The molecule has 1 aromatic rings. The molecule has 1 heterocycles. The largest absolute Gasteiger partial charge is 0.467 e. The van der Waals surface area contributed by atoms with Crippen LogP contribution < -0.4 is 0 Å². The van der Waals surface area contributed by atoms with E-state index in [0.717, 1.165) is 37.1 Å². The van der Waals surface area contributed by atoms with Crippen LogP contribution in [0.2, 0.25) is 0 Å². The van der Waals surface area contributed by atoms with Gasteiger partial charge in [-0.3, -0.25) is 4.68 Å². The monoisotopic (exact) mass is 253 g/mol. The first-order chi connectivity index (χ1) is 8.72. The molecule has 1 aliphatic carbocycles. The fraction of sp³-hybridized carbons (Fsp3) is 0.750. The summed E-state index contributed by atoms with van der Waals surface area (Å²) in [7, 11) is 3.25. The molecule has 18 heavy (non-hydrogen) atoms. The Bertz CT molecular complexity index is 417. The molecule has 0 amide bonds. The molecule has 6 nitrogen and oxygen atoms in total. The molecule has 6 heteroatoms. The Labute approximate surface area is 106 Å². The second-order valence-electron chi connectivity index (χ2n) is 4.52. The number of aryl methyl sites for hydroxylation is 1. The number of carbonyl (C=O) groups excluding carboxylic acids is 1. The van der Waals surface area contributed by atoms with Gasteiger partial charge in [0, 0.05) is 7.05 Å². The summed E-state index contributed by atoms with van der Waals surface area (Å²) in [6, 6.07) is 0. The smallest absolute Gasteiger partial charge is 0.331 e. The van der Waals surface area contributed by atoms with Gasteiger partial charge in [0.1, 0.15) is 18.4 Å². The van der Waals surface area contributed by atoms with Crippen molar-refractivity contribution in [3.63, 3.8) is 0 Å². The summed E-state index contributed by atoms with van der Waals surface area (Å²) in [5.74, 6) is -0.359. The SMILES string of the molecule is COC(=O)COC1CCCCCc2c1nnn2C. The highest BCUT2D eigenvalue weighted by atomic mass is 16.6. The van der Waals surface area contributed by atoms with Gasteiger partial charge in [-0.1, -0.05) is 18.1 Å². The molecule has 0 fully saturated rings. The van der Waals surface area contributed by atoms with Crippen molar-refractivity contribution in [2.75, 3.05) is 13.7 Å². The van der Waals surface area contributed by atoms with Crippen LogP contribution in [0.5, 0.6) is 0 Å². The topological polar surface area (TPSA) is 66.2 Å². The van der Waals surface area contributed by atoms with Gasteiger partial charge in [-0.15, -0.1) is 5.10 Å². The van der Waals surface area contributed by atoms with Crippen LogP contribution in [0.1, 0.15) is 43.2 Å². The average molecular weight is 253 g/mol. The first-order valence-electron chi connectivity index (χ1n) is 6.29. The Balaban J connectivity index is 2.11. The molecule has 0 N–H and O–H groups in total. The van der Waals surface area contributed by atoms with Crippen molar-refractivity contribution >= 4 is 5.97 Å². The van der Waals surface area contributed by atoms with Crippen LogP contribution in [-0.4, -0.2) is 34.7 Å². The van der Waals surface area contributed by atoms with E-state index in [2.05, 4.69) is 15.0 Å². The van der Waals surface area contributed by atoms with Crippen molar-refractivity contribution in [3.8, 4) is 0 Å². The predicted octanol–water partition coefficient (Wildman–Crippen LogP) is 1.16. The van der Waals surface area contributed by atoms with Crippen LogP contribution >= 0.6 is 0 Å². The van der Waals surface area contributed by atoms with E-state index in [1.165, 1.54) is 13.5 Å². The Kier molecular flexibility index (Phi) is 4.30. The number of ether oxygens (including phenoxy) is 2. The van der Waals surface area contributed by atoms with Crippen molar-refractivity contribution in [1.29, 1.82) is 0 Å². The standard InChI is InChI=1S/C12H19N3O3/c1-15-9-6-4-3-5-7-10(12(9)13-14-15)18-8-11(16)17-2/h10H,3-8H2,1-2H3. The Morgan fingerprint density at radius 1 is 1.44 bits per heavy atom. The molecule has 0 spiro atoms. The zero-order chi connectivity index (χ0) is 13.0. The summed E-state index contributed by atoms with van der Waals surface area (Å²) in [5.41, 5.74) is 1.99. The number of fused-ring (bicyclic) bond motifs is 1. The van der Waals surface area contributed by atoms with Gasteiger partial charge in [0.05, 0.1) is 12.8 Å². The molecule has 1 aromatic heterocycles. The highest BCUT2D eigenvalue weighted by Crippen LogP contribution is 2.28. The highest BCUT2D eigenvalue weighted by Gasteiger charge is 2.24. The van der Waals surface area contributed by atoms with Crippen LogP contribution in [0.25, 0.3) is 0 Å². The van der Waals surface area contributed by atoms with Crippen LogP contribution in [0, 0.1) is 0 Å². The molecule has 0 radical (unpaired) electrons. The van der Waals surface area contributed by atoms with E-state index < -0.39 is 0 Å². The van der Waals surface area contributed by atoms with E-state index in [1.807, 2.05) is 7.05 Å². The van der Waals surface area contributed by atoms with E-state index in [9.17, 15) is 4.79 Å². The summed E-state index contributed by atoms with van der Waals surface area (Å²) in [6.07, 6.45) is 5.11. The van der Waals surface area contributed by atoms with Crippen LogP contribution in [0.4, 0.5) is 0 Å². The van der Waals surface area contributed by atoms with Crippen LogP contribution in [0.15, 0.2) is 0 Å². The van der Waals surface area contributed by atoms with Crippen molar-refractivity contribution in [2.45, 2.75) is 38.2 Å². The number of aromatic nitrogens is 3. The van der Waals surface area contributed by atoms with Crippen molar-refractivity contribution in [3.05, 3.63) is 11.4 Å². The molecule has 1 atom stereocenters. The van der Waals surface area contributed by atoms with E-state index in [-0.39, 0.29) is 18.7 Å². The van der Waals surface area contributed by atoms with E-state index >= 15 is 0 Å². The molecule has 2 rings (SSSR count). The number of esters is 1. The van der Waals surface area contributed by atoms with Gasteiger partial charge in [0.25, 0.3) is 0 Å². The number of nitrogens with zero attached hydrogens (tertiary/aromatic N) is 3. The zero-order valence-corrected chi connectivity index (χ0v) is 10.9. The lowest BCUT2D eigenvalue weighted by Crippen LogP contribution is -2.17. The molecule has 1 unspecified atom stereocenters. The maximum absolute atomic E-state index is 11.1. The third kappa shape index (κ3) is 2.87. The Morgan fingerprint density at radius 2 is 2.28 bits per heavy atom. The van der Waals surface area contributed by atoms with Gasteiger partial charge >= 0.3 is 5.97 Å². The molecule has 0 saturated carbocycles. The number of hydrogen-bond donors (Lipinski definition) is 0. The molecule has 0 aromatic carbocycles. The fourth-order valence-corrected chi connectivity index (χ4v) is 2.26. The lowest BCUT2D eigenvalue weighted by Gasteiger charge is -2.19. The third-order valence-corrected chi connectivity index (χ3v) is 3.29. The highest BCUT2D eigenvalue weighted by molar-refractivity contribution is 5.70. The zero-order valence-electron chi connectivity index (χ0n) is 10.9. The summed E-state index contributed by atoms with van der Waals surface area (Å²) >= 11 is 0. The average Bonchev–Trinajstić information content (AvgIpc) is 2.69. The minimum Gasteiger partial charge on any atom is -0.467 e. The van der Waals surface area contributed by atoms with Gasteiger partial charge in [-0.25, -0.2) is 4.79 Å². The molecule has 1 aliphatic rings. The minimum atomic E-state index is -0.359. The minimum absolute atomic E-state index is 0.0306. The number of carbonyl (C=O) groups is 1. The first-order valence-corrected chi connectivity index (χ1v) is 6.29. The Hall–Kier alpha value is -1.43. The maximum Gasteiger partial charge on any atom is 0.331 e. The predicted molar refractivity (Wildman–Crippen MR) is 63.9 cm³/mol. The van der Waals surface area contributed by atoms with Crippen molar-refractivity contribution < 1.29 is 14.3 Å². The lowest BCUT2D eigenvalue weighted by molar-refractivity contribution is -0.148. The van der Waals surface area contributed by atoms with E-state index in [1.54, 1.807) is 4.68 Å². The maximum atomic E-state index is 11.1. The van der Waals surface area contributed by atoms with Crippen LogP contribution in [-0.2, 0) is 27.7 Å². The van der Waals surface area contributed by atoms with Gasteiger partial charge in [-0.05, 0) is 19.3 Å². The number of rotatable bonds is 3. The molecule has 100 valence electrons. The quantitative estimate of drug-likeness (QED) is 0.756. The van der Waals surface area contributed by atoms with Crippen LogP contribution in [0.3, 0.4) is 0 Å². The Morgan fingerprint density at radius 3 is 3.06 bits per heavy atom. The molecule has 0 saturated heterocycles. The van der Waals surface area contributed by atoms with Gasteiger partial charge in [-0.2, -0.15) is 0 Å². The first kappa shape index (κ1) is 13.0. The fourth-order valence-electron chi connectivity index (χ4n) is 2.26. The van der Waals surface area contributed by atoms with E-state index in [4.69, 9.17) is 4.74 Å². The van der Waals surface area contributed by atoms with Gasteiger partial charge in [0.15, 0.2) is 0 Å². The summed E-state index contributed by atoms with van der Waals surface area (Å²) in [4.78, 5) is 11.1. The molecular weight excluding hydrogens is 234 g/mol. The summed E-state index contributed by atoms with van der Waals surface area (Å²) < 4.78 is 12.0. The number of hydrogen-bond acceptors (Lipinski definition) is 5. The van der Waals surface area contributed by atoms with E-state index in [0.29, 0.717) is 0 Å². The van der Waals surface area contributed by atoms with Gasteiger partial charge in [0.2, 0.25) is 0 Å². The number of methoxy groups -OCH3 is 1. The van der Waals surface area contributed by atoms with Crippen molar-refractivity contribution in [1.82, 2.24) is 15.0 Å². The molecular formula is C12H19N3O3. The lowest BCUT2D eigenvalue weighted by atomic mass is 9.99. The summed E-state index contributed by atoms with van der Waals surface area (Å²) in [6.45, 7) is -0.0306. The second kappa shape index (κ2) is 5.95. The molecule has 0 bridgehead atoms. The normalized spacial score (nSPS) is 19.8. The van der Waals surface area contributed by atoms with Gasteiger partial charge < -0.3 is 9.47 Å². The molecule has 0 aliphatic heterocycles. The summed E-state index contributed by atoms with van der Waals surface area (Å²) in [5, 5.41) is 8.23.